The summed E-state index contributed by atoms with van der Waals surface area (Å²) in [5.74, 6) is -2.52. The van der Waals surface area contributed by atoms with E-state index < -0.39 is 17.7 Å². The number of carboxylic acids is 1. The molecule has 0 amide bonds. The first-order valence-corrected chi connectivity index (χ1v) is 9.16. The number of Topliss-reactive ketones (excluding diaryl/α,β-unsaturated/α-hetero) is 1. The van der Waals surface area contributed by atoms with Crippen LogP contribution in [0.1, 0.15) is 44.3 Å². The number of nitrogens with zero attached hydrogens (tertiary/aromatic N) is 2. The molecule has 2 aromatic heterocycles. The van der Waals surface area contributed by atoms with Crippen molar-refractivity contribution < 1.29 is 23.8 Å². The van der Waals surface area contributed by atoms with E-state index in [0.717, 1.165) is 6.07 Å². The number of aryl methyl sites for hydroxylation is 1. The number of carbonyl (C=O) groups excluding carboxylic acids is 1. The first-order valence-electron chi connectivity index (χ1n) is 8.78. The standard InChI is InChI=1S/C20H15ClFN3O4/c1-9-4-6-23-19(21)14(9)17(26)12-5-7-29-18-15(24-25-16(12)18)11-3-2-10(20(27)28)8-13(11)22/h2-4,6,8,12H,5,7H2,1H3,(H,24,25)(H,27,28). The number of hydrogen-bond acceptors (Lipinski definition) is 5. The predicted molar refractivity (Wildman–Crippen MR) is 102 cm³/mol. The molecule has 3 aromatic rings. The molecule has 4 rings (SSSR count). The van der Waals surface area contributed by atoms with Crippen LogP contribution in [0, 0.1) is 12.7 Å². The Balaban J connectivity index is 1.75. The molecular weight excluding hydrogens is 401 g/mol. The molecule has 1 aliphatic heterocycles. The van der Waals surface area contributed by atoms with Gasteiger partial charge in [-0.25, -0.2) is 14.2 Å². The van der Waals surface area contributed by atoms with Crippen LogP contribution in [0.3, 0.4) is 0 Å². The molecule has 0 bridgehead atoms. The average molecular weight is 416 g/mol. The predicted octanol–water partition coefficient (Wildman–Crippen LogP) is 4.02. The van der Waals surface area contributed by atoms with Crippen molar-refractivity contribution in [1.29, 1.82) is 0 Å². The van der Waals surface area contributed by atoms with Crippen LogP contribution in [0.25, 0.3) is 11.3 Å². The van der Waals surface area contributed by atoms with E-state index in [1.54, 1.807) is 13.0 Å². The van der Waals surface area contributed by atoms with Crippen LogP contribution in [-0.4, -0.2) is 38.6 Å². The first-order chi connectivity index (χ1) is 13.9. The van der Waals surface area contributed by atoms with E-state index in [1.807, 2.05) is 0 Å². The number of carbonyl (C=O) groups is 2. The molecule has 0 aliphatic carbocycles. The normalized spacial score (nSPS) is 15.5. The van der Waals surface area contributed by atoms with Gasteiger partial charge in [0.25, 0.3) is 0 Å². The number of nitrogens with one attached hydrogen (secondary N) is 1. The molecule has 29 heavy (non-hydrogen) atoms. The Morgan fingerprint density at radius 1 is 1.34 bits per heavy atom. The summed E-state index contributed by atoms with van der Waals surface area (Å²) in [6.07, 6.45) is 1.93. The lowest BCUT2D eigenvalue weighted by Crippen LogP contribution is -2.22. The Morgan fingerprint density at radius 2 is 2.14 bits per heavy atom. The molecule has 0 saturated heterocycles. The Kier molecular flexibility index (Phi) is 4.79. The van der Waals surface area contributed by atoms with Gasteiger partial charge < -0.3 is 9.84 Å². The number of aromatic carboxylic acids is 1. The van der Waals surface area contributed by atoms with E-state index >= 15 is 0 Å². The quantitative estimate of drug-likeness (QED) is 0.492. The van der Waals surface area contributed by atoms with Gasteiger partial charge in [-0.15, -0.1) is 0 Å². The van der Waals surface area contributed by atoms with Crippen molar-refractivity contribution >= 4 is 23.4 Å². The van der Waals surface area contributed by atoms with Crippen LogP contribution in [0.2, 0.25) is 5.15 Å². The zero-order chi connectivity index (χ0) is 20.7. The summed E-state index contributed by atoms with van der Waals surface area (Å²) in [5.41, 5.74) is 1.55. The molecule has 1 unspecified atom stereocenters. The number of aromatic amines is 1. The van der Waals surface area contributed by atoms with Gasteiger partial charge in [-0.3, -0.25) is 9.89 Å². The minimum absolute atomic E-state index is 0.0798. The number of fused-ring (bicyclic) bond motifs is 1. The lowest BCUT2D eigenvalue weighted by molar-refractivity contribution is 0.0696. The van der Waals surface area contributed by atoms with Gasteiger partial charge in [-0.1, -0.05) is 11.6 Å². The van der Waals surface area contributed by atoms with Gasteiger partial charge in [0.05, 0.1) is 29.3 Å². The second-order valence-electron chi connectivity index (χ2n) is 6.66. The number of ether oxygens (including phenoxy) is 1. The van der Waals surface area contributed by atoms with Crippen LogP contribution in [-0.2, 0) is 0 Å². The molecule has 9 heteroatoms. The van der Waals surface area contributed by atoms with E-state index in [0.29, 0.717) is 23.2 Å². The minimum Gasteiger partial charge on any atom is -0.489 e. The summed E-state index contributed by atoms with van der Waals surface area (Å²) in [5, 5.41) is 16.1. The molecule has 2 N–H and O–H groups in total. The molecule has 0 fully saturated rings. The van der Waals surface area contributed by atoms with Crippen molar-refractivity contribution in [3.8, 4) is 17.0 Å². The van der Waals surface area contributed by atoms with Crippen LogP contribution < -0.4 is 4.74 Å². The zero-order valence-corrected chi connectivity index (χ0v) is 16.0. The van der Waals surface area contributed by atoms with E-state index in [4.69, 9.17) is 21.4 Å². The highest BCUT2D eigenvalue weighted by molar-refractivity contribution is 6.33. The fourth-order valence-electron chi connectivity index (χ4n) is 3.43. The fraction of sp³-hybridized carbons (Fsp3) is 0.200. The number of aromatic nitrogens is 3. The second-order valence-corrected chi connectivity index (χ2v) is 7.02. The second kappa shape index (κ2) is 7.29. The number of rotatable bonds is 4. The first kappa shape index (κ1) is 19.1. The molecule has 1 aromatic carbocycles. The van der Waals surface area contributed by atoms with Gasteiger partial charge in [-0.05, 0) is 43.2 Å². The molecule has 7 nitrogen and oxygen atoms in total. The van der Waals surface area contributed by atoms with Crippen LogP contribution in [0.4, 0.5) is 4.39 Å². The number of ketones is 1. The maximum atomic E-state index is 14.5. The van der Waals surface area contributed by atoms with Gasteiger partial charge in [0.2, 0.25) is 0 Å². The zero-order valence-electron chi connectivity index (χ0n) is 15.2. The van der Waals surface area contributed by atoms with Crippen molar-refractivity contribution in [2.45, 2.75) is 19.3 Å². The monoisotopic (exact) mass is 415 g/mol. The maximum absolute atomic E-state index is 14.5. The van der Waals surface area contributed by atoms with Crippen molar-refractivity contribution in [1.82, 2.24) is 15.2 Å². The van der Waals surface area contributed by atoms with Crippen LogP contribution in [0.15, 0.2) is 30.5 Å². The van der Waals surface area contributed by atoms with Gasteiger partial charge in [0.1, 0.15) is 16.7 Å². The highest BCUT2D eigenvalue weighted by atomic mass is 35.5. The third kappa shape index (κ3) is 3.25. The summed E-state index contributed by atoms with van der Waals surface area (Å²) in [6, 6.07) is 5.23. The summed E-state index contributed by atoms with van der Waals surface area (Å²) in [4.78, 5) is 28.2. The summed E-state index contributed by atoms with van der Waals surface area (Å²) in [7, 11) is 0. The van der Waals surface area contributed by atoms with Crippen LogP contribution in [0.5, 0.6) is 5.75 Å². The molecule has 148 valence electrons. The van der Waals surface area contributed by atoms with E-state index in [9.17, 15) is 14.0 Å². The van der Waals surface area contributed by atoms with Gasteiger partial charge >= 0.3 is 5.97 Å². The molecule has 0 radical (unpaired) electrons. The Bertz CT molecular complexity index is 1120. The third-order valence-electron chi connectivity index (χ3n) is 4.90. The smallest absolute Gasteiger partial charge is 0.335 e. The lowest BCUT2D eigenvalue weighted by atomic mass is 9.88. The topological polar surface area (TPSA) is 105 Å². The number of benzene rings is 1. The number of carboxylic acid groups (broad SMARTS) is 1. The minimum atomic E-state index is -1.23. The highest BCUT2D eigenvalue weighted by Gasteiger charge is 2.35. The van der Waals surface area contributed by atoms with Crippen molar-refractivity contribution in [2.75, 3.05) is 6.61 Å². The molecule has 1 atom stereocenters. The van der Waals surface area contributed by atoms with E-state index in [-0.39, 0.29) is 40.1 Å². The highest BCUT2D eigenvalue weighted by Crippen LogP contribution is 2.42. The number of halogens is 2. The molecule has 1 aliphatic rings. The fourth-order valence-corrected chi connectivity index (χ4v) is 3.73. The molecule has 3 heterocycles. The summed E-state index contributed by atoms with van der Waals surface area (Å²) >= 11 is 6.15. The summed E-state index contributed by atoms with van der Waals surface area (Å²) < 4.78 is 20.2. The molecular formula is C20H15ClFN3O4. The van der Waals surface area contributed by atoms with Crippen molar-refractivity contribution in [3.63, 3.8) is 0 Å². The van der Waals surface area contributed by atoms with Crippen molar-refractivity contribution in [3.05, 3.63) is 63.8 Å². The van der Waals surface area contributed by atoms with Gasteiger partial charge in [0.15, 0.2) is 11.5 Å². The largest absolute Gasteiger partial charge is 0.489 e. The third-order valence-corrected chi connectivity index (χ3v) is 5.18. The number of hydrogen-bond donors (Lipinski definition) is 2. The van der Waals surface area contributed by atoms with E-state index in [1.165, 1.54) is 18.3 Å². The molecule has 0 saturated carbocycles. The van der Waals surface area contributed by atoms with Crippen molar-refractivity contribution in [2.24, 2.45) is 0 Å². The molecule has 0 spiro atoms. The lowest BCUT2D eigenvalue weighted by Gasteiger charge is -2.23. The Labute approximate surface area is 169 Å². The number of H-pyrrole nitrogens is 1. The summed E-state index contributed by atoms with van der Waals surface area (Å²) in [6.45, 7) is 2.01. The van der Waals surface area contributed by atoms with Gasteiger partial charge in [0, 0.05) is 11.8 Å². The SMILES string of the molecule is Cc1ccnc(Cl)c1C(=O)C1CCOc2c(-c3ccc(C(=O)O)cc3F)n[nH]c21. The van der Waals surface area contributed by atoms with Gasteiger partial charge in [-0.2, -0.15) is 5.10 Å². The Hall–Kier alpha value is -3.26. The van der Waals surface area contributed by atoms with Crippen LogP contribution >= 0.6 is 11.6 Å². The Morgan fingerprint density at radius 3 is 2.83 bits per heavy atom. The van der Waals surface area contributed by atoms with E-state index in [2.05, 4.69) is 15.2 Å². The average Bonchev–Trinajstić information content (AvgIpc) is 3.11. The maximum Gasteiger partial charge on any atom is 0.335 e. The number of pyridine rings is 1.